The van der Waals surface area contributed by atoms with E-state index in [0.29, 0.717) is 29.2 Å². The first-order chi connectivity index (χ1) is 15.6. The molecule has 1 saturated heterocycles. The number of methoxy groups -OCH3 is 2. The highest BCUT2D eigenvalue weighted by Crippen LogP contribution is 2.33. The maximum Gasteiger partial charge on any atom is 0.347 e. The molecule has 0 aliphatic carbocycles. The lowest BCUT2D eigenvalue weighted by molar-refractivity contribution is -0.156. The largest absolute Gasteiger partial charge is 0.493 e. The number of benzene rings is 2. The predicted molar refractivity (Wildman–Crippen MR) is 117 cm³/mol. The highest BCUT2D eigenvalue weighted by molar-refractivity contribution is 5.91. The molecular formula is C24H22N2O6. The van der Waals surface area contributed by atoms with Gasteiger partial charge in [-0.15, -0.1) is 0 Å². The van der Waals surface area contributed by atoms with Crippen molar-refractivity contribution in [3.8, 4) is 28.4 Å². The topological polar surface area (TPSA) is 88.9 Å². The highest BCUT2D eigenvalue weighted by atomic mass is 16.6. The number of para-hydroxylation sites is 1. The first-order valence-corrected chi connectivity index (χ1v) is 10.0. The molecular weight excluding hydrogens is 412 g/mol. The minimum atomic E-state index is -0.857. The van der Waals surface area contributed by atoms with Crippen molar-refractivity contribution < 1.29 is 28.5 Å². The van der Waals surface area contributed by atoms with E-state index >= 15 is 0 Å². The van der Waals surface area contributed by atoms with Crippen LogP contribution in [0.1, 0.15) is 12.0 Å². The van der Waals surface area contributed by atoms with E-state index in [1.54, 1.807) is 31.0 Å². The van der Waals surface area contributed by atoms with E-state index in [9.17, 15) is 9.59 Å². The van der Waals surface area contributed by atoms with E-state index in [1.807, 2.05) is 48.7 Å². The molecule has 0 amide bonds. The van der Waals surface area contributed by atoms with Gasteiger partial charge in [0.2, 0.25) is 6.10 Å². The lowest BCUT2D eigenvalue weighted by atomic mass is 10.1. The lowest BCUT2D eigenvalue weighted by Gasteiger charge is -2.09. The van der Waals surface area contributed by atoms with Gasteiger partial charge in [-0.1, -0.05) is 18.2 Å². The van der Waals surface area contributed by atoms with Gasteiger partial charge < -0.3 is 18.9 Å². The average Bonchev–Trinajstić information content (AvgIpc) is 3.44. The molecule has 0 radical (unpaired) electrons. The van der Waals surface area contributed by atoms with Crippen LogP contribution in [0.4, 0.5) is 0 Å². The molecule has 0 unspecified atom stereocenters. The molecule has 2 heterocycles. The summed E-state index contributed by atoms with van der Waals surface area (Å²) in [5.74, 6) is 0.0189. The summed E-state index contributed by atoms with van der Waals surface area (Å²) in [7, 11) is 3.14. The first-order valence-electron chi connectivity index (χ1n) is 10.0. The number of cyclic esters (lactones) is 1. The highest BCUT2D eigenvalue weighted by Gasteiger charge is 2.29. The van der Waals surface area contributed by atoms with E-state index in [0.717, 1.165) is 11.3 Å². The van der Waals surface area contributed by atoms with Gasteiger partial charge in [0.25, 0.3) is 0 Å². The number of ether oxygens (including phenoxy) is 4. The maximum absolute atomic E-state index is 12.2. The van der Waals surface area contributed by atoms with Gasteiger partial charge in [0, 0.05) is 29.8 Å². The number of carbonyl (C=O) groups is 2. The van der Waals surface area contributed by atoms with E-state index in [4.69, 9.17) is 24.0 Å². The third-order valence-electron chi connectivity index (χ3n) is 4.96. The third kappa shape index (κ3) is 4.49. The van der Waals surface area contributed by atoms with Crippen LogP contribution in [-0.4, -0.2) is 48.6 Å². The van der Waals surface area contributed by atoms with Gasteiger partial charge in [0.15, 0.2) is 11.5 Å². The quantitative estimate of drug-likeness (QED) is 0.416. The maximum atomic E-state index is 12.2. The van der Waals surface area contributed by atoms with E-state index in [-0.39, 0.29) is 6.61 Å². The number of rotatable bonds is 7. The minimum absolute atomic E-state index is 0.258. The Hall–Kier alpha value is -4.07. The summed E-state index contributed by atoms with van der Waals surface area (Å²) >= 11 is 0. The fourth-order valence-corrected chi connectivity index (χ4v) is 3.35. The second-order valence-electron chi connectivity index (χ2n) is 7.00. The zero-order valence-electron chi connectivity index (χ0n) is 17.7. The van der Waals surface area contributed by atoms with Gasteiger partial charge >= 0.3 is 11.9 Å². The second-order valence-corrected chi connectivity index (χ2v) is 7.00. The summed E-state index contributed by atoms with van der Waals surface area (Å²) in [5.41, 5.74) is 2.97. The van der Waals surface area contributed by atoms with Crippen molar-refractivity contribution in [3.63, 3.8) is 0 Å². The number of hydrogen-bond donors (Lipinski definition) is 0. The third-order valence-corrected chi connectivity index (χ3v) is 4.96. The molecule has 1 aliphatic rings. The molecule has 0 spiro atoms. The Morgan fingerprint density at radius 2 is 1.91 bits per heavy atom. The van der Waals surface area contributed by atoms with Crippen molar-refractivity contribution in [1.82, 2.24) is 9.78 Å². The summed E-state index contributed by atoms with van der Waals surface area (Å²) < 4.78 is 22.5. The molecule has 0 bridgehead atoms. The van der Waals surface area contributed by atoms with E-state index in [1.165, 1.54) is 6.08 Å². The molecule has 8 heteroatoms. The van der Waals surface area contributed by atoms with Crippen LogP contribution in [0, 0.1) is 0 Å². The van der Waals surface area contributed by atoms with Crippen molar-refractivity contribution in [1.29, 1.82) is 0 Å². The van der Waals surface area contributed by atoms with Crippen LogP contribution >= 0.6 is 0 Å². The Morgan fingerprint density at radius 1 is 1.12 bits per heavy atom. The molecule has 164 valence electrons. The Labute approximate surface area is 185 Å². The van der Waals surface area contributed by atoms with Crippen LogP contribution in [0.15, 0.2) is 60.8 Å². The molecule has 1 fully saturated rings. The molecule has 32 heavy (non-hydrogen) atoms. The number of nitrogens with zero attached hydrogens (tertiary/aromatic N) is 2. The smallest absolute Gasteiger partial charge is 0.347 e. The van der Waals surface area contributed by atoms with Crippen molar-refractivity contribution in [2.75, 3.05) is 20.8 Å². The number of hydrogen-bond acceptors (Lipinski definition) is 7. The molecule has 2 aromatic carbocycles. The monoisotopic (exact) mass is 434 g/mol. The summed E-state index contributed by atoms with van der Waals surface area (Å²) in [6.07, 6.45) is 4.21. The predicted octanol–water partition coefficient (Wildman–Crippen LogP) is 3.43. The fraction of sp³-hybridized carbons (Fsp3) is 0.208. The summed E-state index contributed by atoms with van der Waals surface area (Å²) in [6.45, 7) is 0.258. The van der Waals surface area contributed by atoms with Crippen LogP contribution in [-0.2, 0) is 19.1 Å². The molecule has 4 rings (SSSR count). The van der Waals surface area contributed by atoms with Gasteiger partial charge in [-0.05, 0) is 36.4 Å². The van der Waals surface area contributed by atoms with Gasteiger partial charge in [0.1, 0.15) is 5.69 Å². The fourth-order valence-electron chi connectivity index (χ4n) is 3.35. The Balaban J connectivity index is 1.68. The molecule has 1 aliphatic heterocycles. The minimum Gasteiger partial charge on any atom is -0.493 e. The number of esters is 2. The molecule has 1 atom stereocenters. The van der Waals surface area contributed by atoms with Crippen molar-refractivity contribution in [2.24, 2.45) is 0 Å². The van der Waals surface area contributed by atoms with E-state index in [2.05, 4.69) is 0 Å². The van der Waals surface area contributed by atoms with Gasteiger partial charge in [-0.25, -0.2) is 14.3 Å². The summed E-state index contributed by atoms with van der Waals surface area (Å²) in [5, 5.41) is 4.72. The van der Waals surface area contributed by atoms with Crippen LogP contribution in [0.3, 0.4) is 0 Å². The Kier molecular flexibility index (Phi) is 6.21. The van der Waals surface area contributed by atoms with Crippen molar-refractivity contribution >= 4 is 18.0 Å². The molecule has 1 aromatic heterocycles. The lowest BCUT2D eigenvalue weighted by Crippen LogP contribution is -2.21. The van der Waals surface area contributed by atoms with Crippen LogP contribution < -0.4 is 9.47 Å². The van der Waals surface area contributed by atoms with Gasteiger partial charge in [-0.2, -0.15) is 5.10 Å². The Bertz CT molecular complexity index is 1150. The van der Waals surface area contributed by atoms with Gasteiger partial charge in [0.05, 0.1) is 26.5 Å². The zero-order valence-corrected chi connectivity index (χ0v) is 17.7. The standard InChI is InChI=1S/C24H22N2O6/c1-29-19-10-8-16(14-21(19)30-2)23-17(15-26(25-23)18-6-4-3-5-7-18)9-11-22(27)32-20-12-13-31-24(20)28/h3-11,14-15,20H,12-13H2,1-2H3/b11-9+/t20-/m0/s1. The molecule has 0 saturated carbocycles. The molecule has 3 aromatic rings. The number of aromatic nitrogens is 2. The average molecular weight is 434 g/mol. The SMILES string of the molecule is COc1ccc(-c2nn(-c3ccccc3)cc2/C=C/C(=O)O[C@H]2CCOC2=O)cc1OC. The van der Waals surface area contributed by atoms with Crippen LogP contribution in [0.25, 0.3) is 23.0 Å². The normalized spacial score (nSPS) is 15.6. The Morgan fingerprint density at radius 3 is 2.59 bits per heavy atom. The summed E-state index contributed by atoms with van der Waals surface area (Å²) in [4.78, 5) is 23.8. The molecule has 8 nitrogen and oxygen atoms in total. The number of carbonyl (C=O) groups excluding carboxylic acids is 2. The molecule has 0 N–H and O–H groups in total. The second kappa shape index (κ2) is 9.38. The first kappa shape index (κ1) is 21.2. The van der Waals surface area contributed by atoms with Crippen LogP contribution in [0.2, 0.25) is 0 Å². The zero-order chi connectivity index (χ0) is 22.5. The van der Waals surface area contributed by atoms with Crippen molar-refractivity contribution in [3.05, 3.63) is 66.4 Å². The summed E-state index contributed by atoms with van der Waals surface area (Å²) in [6, 6.07) is 15.1. The van der Waals surface area contributed by atoms with Crippen LogP contribution in [0.5, 0.6) is 11.5 Å². The van der Waals surface area contributed by atoms with E-state index < -0.39 is 18.0 Å². The van der Waals surface area contributed by atoms with Crippen molar-refractivity contribution in [2.45, 2.75) is 12.5 Å². The van der Waals surface area contributed by atoms with Gasteiger partial charge in [-0.3, -0.25) is 0 Å².